The standard InChI is InChI=1S/C13H14ClFN2O2/c14-9-4-5-11(10(15)6-9)17-13(19)12(18)16-7-8-2-1-3-8/h4-6,8H,1-3,7H2,(H,16,18)(H,17,19). The fraction of sp³-hybridized carbons (Fsp3) is 0.385. The summed E-state index contributed by atoms with van der Waals surface area (Å²) in [5.74, 6) is -1.83. The van der Waals surface area contributed by atoms with E-state index in [4.69, 9.17) is 11.6 Å². The molecule has 102 valence electrons. The molecule has 2 amide bonds. The van der Waals surface area contributed by atoms with Gasteiger partial charge in [-0.15, -0.1) is 0 Å². The van der Waals surface area contributed by atoms with Crippen LogP contribution in [0.1, 0.15) is 19.3 Å². The average molecular weight is 285 g/mol. The Hall–Kier alpha value is -1.62. The molecule has 0 radical (unpaired) electrons. The molecule has 1 aromatic carbocycles. The molecule has 4 nitrogen and oxygen atoms in total. The van der Waals surface area contributed by atoms with Gasteiger partial charge in [0, 0.05) is 11.6 Å². The minimum absolute atomic E-state index is 0.0619. The van der Waals surface area contributed by atoms with Crippen molar-refractivity contribution in [2.45, 2.75) is 19.3 Å². The van der Waals surface area contributed by atoms with Crippen LogP contribution >= 0.6 is 11.6 Å². The van der Waals surface area contributed by atoms with E-state index in [9.17, 15) is 14.0 Å². The van der Waals surface area contributed by atoms with Gasteiger partial charge >= 0.3 is 11.8 Å². The number of carbonyl (C=O) groups is 2. The molecule has 6 heteroatoms. The Morgan fingerprint density at radius 2 is 2.05 bits per heavy atom. The Labute approximate surface area is 115 Å². The molecule has 0 aromatic heterocycles. The van der Waals surface area contributed by atoms with E-state index >= 15 is 0 Å². The molecule has 1 saturated carbocycles. The van der Waals surface area contributed by atoms with Gasteiger partial charge in [-0.1, -0.05) is 18.0 Å². The second kappa shape index (κ2) is 6.02. The largest absolute Gasteiger partial charge is 0.348 e. The minimum Gasteiger partial charge on any atom is -0.348 e. The number of benzene rings is 1. The van der Waals surface area contributed by atoms with Crippen LogP contribution in [0.4, 0.5) is 10.1 Å². The van der Waals surface area contributed by atoms with Gasteiger partial charge in [0.25, 0.3) is 0 Å². The molecular weight excluding hydrogens is 271 g/mol. The van der Waals surface area contributed by atoms with Crippen molar-refractivity contribution in [3.63, 3.8) is 0 Å². The molecule has 0 unspecified atom stereocenters. The van der Waals surface area contributed by atoms with Crippen molar-refractivity contribution >= 4 is 29.1 Å². The second-order valence-corrected chi connectivity index (χ2v) is 5.02. The predicted octanol–water partition coefficient (Wildman–Crippen LogP) is 2.33. The van der Waals surface area contributed by atoms with Gasteiger partial charge in [0.05, 0.1) is 5.69 Å². The Kier molecular flexibility index (Phi) is 4.37. The van der Waals surface area contributed by atoms with Crippen molar-refractivity contribution in [1.29, 1.82) is 0 Å². The monoisotopic (exact) mass is 284 g/mol. The maximum absolute atomic E-state index is 13.4. The first-order valence-electron chi connectivity index (χ1n) is 6.10. The van der Waals surface area contributed by atoms with E-state index in [1.807, 2.05) is 0 Å². The fourth-order valence-corrected chi connectivity index (χ4v) is 1.94. The second-order valence-electron chi connectivity index (χ2n) is 4.59. The summed E-state index contributed by atoms with van der Waals surface area (Å²) in [7, 11) is 0. The molecule has 2 N–H and O–H groups in total. The van der Waals surface area contributed by atoms with E-state index in [1.165, 1.54) is 18.6 Å². The number of hydrogen-bond acceptors (Lipinski definition) is 2. The smallest absolute Gasteiger partial charge is 0.313 e. The number of nitrogens with one attached hydrogen (secondary N) is 2. The summed E-state index contributed by atoms with van der Waals surface area (Å²) < 4.78 is 13.4. The molecular formula is C13H14ClFN2O2. The summed E-state index contributed by atoms with van der Waals surface area (Å²) in [5.41, 5.74) is -0.0619. The summed E-state index contributed by atoms with van der Waals surface area (Å²) in [6.45, 7) is 0.495. The van der Waals surface area contributed by atoms with Crippen molar-refractivity contribution in [2.24, 2.45) is 5.92 Å². The first kappa shape index (κ1) is 13.8. The van der Waals surface area contributed by atoms with Crippen LogP contribution in [0.3, 0.4) is 0 Å². The minimum atomic E-state index is -0.874. The van der Waals surface area contributed by atoms with Crippen LogP contribution in [0, 0.1) is 11.7 Å². The average Bonchev–Trinajstić information content (AvgIpc) is 2.30. The van der Waals surface area contributed by atoms with Crippen LogP contribution < -0.4 is 10.6 Å². The van der Waals surface area contributed by atoms with Crippen LogP contribution in [0.25, 0.3) is 0 Å². The Bertz CT molecular complexity index is 503. The molecule has 19 heavy (non-hydrogen) atoms. The number of anilines is 1. The van der Waals surface area contributed by atoms with Crippen molar-refractivity contribution in [1.82, 2.24) is 5.32 Å². The molecule has 1 fully saturated rings. The van der Waals surface area contributed by atoms with Gasteiger partial charge in [-0.3, -0.25) is 9.59 Å². The van der Waals surface area contributed by atoms with Crippen LogP contribution in [-0.4, -0.2) is 18.4 Å². The zero-order valence-corrected chi connectivity index (χ0v) is 11.0. The molecule has 1 aromatic rings. The van der Waals surface area contributed by atoms with Gasteiger partial charge in [0.2, 0.25) is 0 Å². The number of halogens is 2. The normalized spacial score (nSPS) is 14.6. The molecule has 0 atom stereocenters. The summed E-state index contributed by atoms with van der Waals surface area (Å²) in [4.78, 5) is 23.0. The van der Waals surface area contributed by atoms with Gasteiger partial charge in [-0.2, -0.15) is 0 Å². The molecule has 1 aliphatic carbocycles. The summed E-state index contributed by atoms with van der Waals surface area (Å²) in [6, 6.07) is 3.82. The van der Waals surface area contributed by atoms with Crippen LogP contribution in [-0.2, 0) is 9.59 Å². The number of amides is 2. The third kappa shape index (κ3) is 3.67. The Morgan fingerprint density at radius 3 is 2.63 bits per heavy atom. The van der Waals surface area contributed by atoms with E-state index in [-0.39, 0.29) is 10.7 Å². The topological polar surface area (TPSA) is 58.2 Å². The van der Waals surface area contributed by atoms with E-state index in [2.05, 4.69) is 10.6 Å². The lowest BCUT2D eigenvalue weighted by atomic mass is 9.85. The molecule has 2 rings (SSSR count). The van der Waals surface area contributed by atoms with Crippen LogP contribution in [0.15, 0.2) is 18.2 Å². The van der Waals surface area contributed by atoms with Crippen LogP contribution in [0.5, 0.6) is 0 Å². The molecule has 0 saturated heterocycles. The summed E-state index contributed by atoms with van der Waals surface area (Å²) in [6.07, 6.45) is 3.32. The van der Waals surface area contributed by atoms with Crippen molar-refractivity contribution in [3.8, 4) is 0 Å². The van der Waals surface area contributed by atoms with Crippen LogP contribution in [0.2, 0.25) is 5.02 Å². The first-order valence-corrected chi connectivity index (χ1v) is 6.48. The first-order chi connectivity index (χ1) is 9.06. The summed E-state index contributed by atoms with van der Waals surface area (Å²) >= 11 is 5.59. The highest BCUT2D eigenvalue weighted by Crippen LogP contribution is 2.25. The predicted molar refractivity (Wildman–Crippen MR) is 70.4 cm³/mol. The van der Waals surface area contributed by atoms with Gasteiger partial charge in [-0.05, 0) is 37.0 Å². The lowest BCUT2D eigenvalue weighted by Gasteiger charge is -2.25. The number of rotatable bonds is 3. The molecule has 0 spiro atoms. The summed E-state index contributed by atoms with van der Waals surface area (Å²) in [5, 5.41) is 4.98. The van der Waals surface area contributed by atoms with Gasteiger partial charge in [-0.25, -0.2) is 4.39 Å². The fourth-order valence-electron chi connectivity index (χ4n) is 1.78. The maximum atomic E-state index is 13.4. The Morgan fingerprint density at radius 1 is 1.32 bits per heavy atom. The maximum Gasteiger partial charge on any atom is 0.313 e. The third-order valence-corrected chi connectivity index (χ3v) is 3.40. The SMILES string of the molecule is O=C(NCC1CCC1)C(=O)Nc1ccc(Cl)cc1F. The molecule has 1 aliphatic rings. The van der Waals surface area contributed by atoms with E-state index < -0.39 is 17.6 Å². The Balaban J connectivity index is 1.86. The highest BCUT2D eigenvalue weighted by atomic mass is 35.5. The zero-order valence-electron chi connectivity index (χ0n) is 10.2. The van der Waals surface area contributed by atoms with E-state index in [0.29, 0.717) is 12.5 Å². The molecule has 0 aliphatic heterocycles. The zero-order chi connectivity index (χ0) is 13.8. The lowest BCUT2D eigenvalue weighted by molar-refractivity contribution is -0.136. The third-order valence-electron chi connectivity index (χ3n) is 3.16. The van der Waals surface area contributed by atoms with Gasteiger partial charge < -0.3 is 10.6 Å². The van der Waals surface area contributed by atoms with E-state index in [0.717, 1.165) is 18.9 Å². The number of hydrogen-bond donors (Lipinski definition) is 2. The van der Waals surface area contributed by atoms with Gasteiger partial charge in [0.1, 0.15) is 5.82 Å². The van der Waals surface area contributed by atoms with E-state index in [1.54, 1.807) is 0 Å². The van der Waals surface area contributed by atoms with Crippen molar-refractivity contribution in [2.75, 3.05) is 11.9 Å². The van der Waals surface area contributed by atoms with Gasteiger partial charge in [0.15, 0.2) is 0 Å². The molecule has 0 heterocycles. The highest BCUT2D eigenvalue weighted by Gasteiger charge is 2.20. The quantitative estimate of drug-likeness (QED) is 0.837. The highest BCUT2D eigenvalue weighted by molar-refractivity contribution is 6.39. The number of carbonyl (C=O) groups excluding carboxylic acids is 2. The van der Waals surface area contributed by atoms with Crippen molar-refractivity contribution < 1.29 is 14.0 Å². The lowest BCUT2D eigenvalue weighted by Crippen LogP contribution is -2.39. The molecule has 0 bridgehead atoms. The van der Waals surface area contributed by atoms with Crippen molar-refractivity contribution in [3.05, 3.63) is 29.0 Å².